The monoisotopic (exact) mass is 462 g/mol. The van der Waals surface area contributed by atoms with Gasteiger partial charge in [0.2, 0.25) is 0 Å². The lowest BCUT2D eigenvalue weighted by molar-refractivity contribution is 0.782. The summed E-state index contributed by atoms with van der Waals surface area (Å²) >= 11 is 0. The van der Waals surface area contributed by atoms with Crippen molar-refractivity contribution in [3.63, 3.8) is 0 Å². The summed E-state index contributed by atoms with van der Waals surface area (Å²) in [6, 6.07) is 28.5. The molecule has 0 spiro atoms. The standard InChI is InChI=1S/C36H30/c1-3-13-31(33-17-15-27-19-23-7-5-9-25(23)21-35(27)33)29(11-1)30-12-2-4-14-32(30)34-18-16-28-20-24-8-6-10-26(24)22-36(28)34/h1-6,9-14,19-22,33-34H,7-8,15-18H2. The highest BCUT2D eigenvalue weighted by Crippen LogP contribution is 2.47. The third-order valence-corrected chi connectivity index (χ3v) is 9.19. The van der Waals surface area contributed by atoms with E-state index in [-0.39, 0.29) is 0 Å². The SMILES string of the molecule is C1=Cc2cc3c(cc2C1)CCC3c1ccccc1-c1ccccc1C1CCc2cc3c(cc21)C=CC3. The number of allylic oxidation sites excluding steroid dienone is 2. The zero-order valence-electron chi connectivity index (χ0n) is 20.6. The topological polar surface area (TPSA) is 0 Å². The maximum absolute atomic E-state index is 2.50. The van der Waals surface area contributed by atoms with Gasteiger partial charge in [0.05, 0.1) is 0 Å². The molecule has 0 heteroatoms. The van der Waals surface area contributed by atoms with Crippen molar-refractivity contribution in [2.45, 2.75) is 50.4 Å². The second-order valence-corrected chi connectivity index (χ2v) is 11.1. The van der Waals surface area contributed by atoms with Crippen LogP contribution >= 0.6 is 0 Å². The highest BCUT2D eigenvalue weighted by molar-refractivity contribution is 5.75. The number of hydrogen-bond donors (Lipinski definition) is 0. The molecule has 36 heavy (non-hydrogen) atoms. The average Bonchev–Trinajstić information content (AvgIpc) is 3.72. The van der Waals surface area contributed by atoms with E-state index < -0.39 is 0 Å². The molecule has 8 rings (SSSR count). The van der Waals surface area contributed by atoms with E-state index in [4.69, 9.17) is 0 Å². The Balaban J connectivity index is 1.24. The smallest absolute Gasteiger partial charge is 0.0102 e. The predicted molar refractivity (Wildman–Crippen MR) is 151 cm³/mol. The van der Waals surface area contributed by atoms with E-state index in [1.807, 2.05) is 0 Å². The molecule has 4 aliphatic carbocycles. The minimum Gasteiger partial charge on any atom is -0.0795 e. The van der Waals surface area contributed by atoms with Gasteiger partial charge in [0, 0.05) is 11.8 Å². The minimum atomic E-state index is 0.479. The van der Waals surface area contributed by atoms with Crippen molar-refractivity contribution in [2.24, 2.45) is 0 Å². The summed E-state index contributed by atoms with van der Waals surface area (Å²) in [5, 5.41) is 0. The van der Waals surface area contributed by atoms with Gasteiger partial charge in [-0.3, -0.25) is 0 Å². The van der Waals surface area contributed by atoms with Gasteiger partial charge in [-0.15, -0.1) is 0 Å². The molecule has 0 amide bonds. The van der Waals surface area contributed by atoms with Gasteiger partial charge < -0.3 is 0 Å². The number of rotatable bonds is 3. The largest absolute Gasteiger partial charge is 0.0795 e. The molecule has 0 aromatic heterocycles. The van der Waals surface area contributed by atoms with Gasteiger partial charge >= 0.3 is 0 Å². The van der Waals surface area contributed by atoms with Crippen LogP contribution in [0.4, 0.5) is 0 Å². The van der Waals surface area contributed by atoms with Crippen LogP contribution in [0.3, 0.4) is 0 Å². The Morgan fingerprint density at radius 2 is 0.944 bits per heavy atom. The quantitative estimate of drug-likeness (QED) is 0.286. The number of hydrogen-bond acceptors (Lipinski definition) is 0. The number of aryl methyl sites for hydroxylation is 2. The van der Waals surface area contributed by atoms with Crippen LogP contribution in [0, 0.1) is 0 Å². The first-order chi connectivity index (χ1) is 17.8. The van der Waals surface area contributed by atoms with Gasteiger partial charge in [0.1, 0.15) is 0 Å². The molecule has 4 aliphatic rings. The molecule has 0 aliphatic heterocycles. The molecule has 0 saturated heterocycles. The predicted octanol–water partition coefficient (Wildman–Crippen LogP) is 8.65. The second kappa shape index (κ2) is 7.93. The Kier molecular flexibility index (Phi) is 4.53. The molecule has 0 bridgehead atoms. The van der Waals surface area contributed by atoms with Crippen molar-refractivity contribution in [1.29, 1.82) is 0 Å². The summed E-state index contributed by atoms with van der Waals surface area (Å²) < 4.78 is 0. The fraction of sp³-hybridized carbons (Fsp3) is 0.222. The summed E-state index contributed by atoms with van der Waals surface area (Å²) in [5.74, 6) is 0.959. The average molecular weight is 463 g/mol. The van der Waals surface area contributed by atoms with E-state index in [0.29, 0.717) is 11.8 Å². The Bertz CT molecular complexity index is 1470. The zero-order valence-corrected chi connectivity index (χ0v) is 20.6. The molecule has 0 heterocycles. The Labute approximate surface area is 214 Å². The Hall–Kier alpha value is -3.64. The first kappa shape index (κ1) is 20.5. The van der Waals surface area contributed by atoms with E-state index in [1.165, 1.54) is 70.2 Å². The summed E-state index contributed by atoms with van der Waals surface area (Å²) in [6.45, 7) is 0. The maximum Gasteiger partial charge on any atom is 0.0102 e. The van der Waals surface area contributed by atoms with Crippen molar-refractivity contribution in [3.05, 3.63) is 141 Å². The highest BCUT2D eigenvalue weighted by Gasteiger charge is 2.31. The van der Waals surface area contributed by atoms with Gasteiger partial charge in [-0.2, -0.15) is 0 Å². The van der Waals surface area contributed by atoms with Crippen LogP contribution in [-0.4, -0.2) is 0 Å². The maximum atomic E-state index is 2.50. The lowest BCUT2D eigenvalue weighted by atomic mass is 9.81. The zero-order chi connectivity index (χ0) is 23.6. The van der Waals surface area contributed by atoms with Crippen LogP contribution in [0.15, 0.2) is 84.9 Å². The van der Waals surface area contributed by atoms with Crippen molar-refractivity contribution in [2.75, 3.05) is 0 Å². The van der Waals surface area contributed by atoms with Crippen molar-refractivity contribution >= 4 is 12.2 Å². The third-order valence-electron chi connectivity index (χ3n) is 9.19. The van der Waals surface area contributed by atoms with Crippen molar-refractivity contribution in [1.82, 2.24) is 0 Å². The molecule has 0 N–H and O–H groups in total. The van der Waals surface area contributed by atoms with Crippen LogP contribution in [0.1, 0.15) is 80.3 Å². The molecule has 2 unspecified atom stereocenters. The molecule has 4 aromatic rings. The van der Waals surface area contributed by atoms with Gasteiger partial charge in [-0.05, 0) is 105 Å². The van der Waals surface area contributed by atoms with Crippen LogP contribution < -0.4 is 0 Å². The van der Waals surface area contributed by atoms with Crippen LogP contribution in [0.2, 0.25) is 0 Å². The third kappa shape index (κ3) is 3.07. The minimum absolute atomic E-state index is 0.479. The van der Waals surface area contributed by atoms with E-state index in [2.05, 4.69) is 97.1 Å². The lowest BCUT2D eigenvalue weighted by Gasteiger charge is -2.22. The summed E-state index contributed by atoms with van der Waals surface area (Å²) in [4.78, 5) is 0. The second-order valence-electron chi connectivity index (χ2n) is 11.1. The van der Waals surface area contributed by atoms with Crippen molar-refractivity contribution in [3.8, 4) is 11.1 Å². The fourth-order valence-electron chi connectivity index (χ4n) is 7.48. The van der Waals surface area contributed by atoms with Crippen LogP contribution in [-0.2, 0) is 25.7 Å². The van der Waals surface area contributed by atoms with Gasteiger partial charge in [0.25, 0.3) is 0 Å². The highest BCUT2D eigenvalue weighted by atomic mass is 14.3. The molecule has 0 nitrogen and oxygen atoms in total. The van der Waals surface area contributed by atoms with Crippen LogP contribution in [0.5, 0.6) is 0 Å². The number of fused-ring (bicyclic) bond motifs is 4. The summed E-state index contributed by atoms with van der Waals surface area (Å²) in [5.41, 5.74) is 18.0. The van der Waals surface area contributed by atoms with Crippen LogP contribution in [0.25, 0.3) is 23.3 Å². The summed E-state index contributed by atoms with van der Waals surface area (Å²) in [7, 11) is 0. The van der Waals surface area contributed by atoms with E-state index in [9.17, 15) is 0 Å². The molecule has 0 radical (unpaired) electrons. The van der Waals surface area contributed by atoms with Gasteiger partial charge in [-0.1, -0.05) is 97.1 Å². The molecular weight excluding hydrogens is 432 g/mol. The van der Waals surface area contributed by atoms with Gasteiger partial charge in [0.15, 0.2) is 0 Å². The molecule has 4 aromatic carbocycles. The molecule has 0 fully saturated rings. The summed E-state index contributed by atoms with van der Waals surface area (Å²) in [6.07, 6.45) is 16.3. The Morgan fingerprint density at radius 1 is 0.472 bits per heavy atom. The lowest BCUT2D eigenvalue weighted by Crippen LogP contribution is -2.04. The molecular formula is C36H30. The van der Waals surface area contributed by atoms with E-state index in [1.54, 1.807) is 22.3 Å². The first-order valence-corrected chi connectivity index (χ1v) is 13.7. The Morgan fingerprint density at radius 3 is 1.44 bits per heavy atom. The first-order valence-electron chi connectivity index (χ1n) is 13.7. The molecule has 2 atom stereocenters. The fourth-order valence-corrected chi connectivity index (χ4v) is 7.48. The van der Waals surface area contributed by atoms with Gasteiger partial charge in [-0.25, -0.2) is 0 Å². The van der Waals surface area contributed by atoms with E-state index >= 15 is 0 Å². The number of benzene rings is 4. The molecule has 174 valence electrons. The van der Waals surface area contributed by atoms with E-state index in [0.717, 1.165) is 12.8 Å². The van der Waals surface area contributed by atoms with Crippen molar-refractivity contribution < 1.29 is 0 Å². The normalized spacial score (nSPS) is 20.4. The molecule has 0 saturated carbocycles.